The highest BCUT2D eigenvalue weighted by Crippen LogP contribution is 2.27. The summed E-state index contributed by atoms with van der Waals surface area (Å²) in [6, 6.07) is 0. The lowest BCUT2D eigenvalue weighted by Gasteiger charge is -2.26. The molecule has 0 aromatic carbocycles. The average molecular weight is 182 g/mol. The lowest BCUT2D eigenvalue weighted by molar-refractivity contribution is 0.246. The van der Waals surface area contributed by atoms with Gasteiger partial charge in [-0.05, 0) is 36.5 Å². The van der Waals surface area contributed by atoms with Crippen LogP contribution in [0.1, 0.15) is 47.5 Å². The van der Waals surface area contributed by atoms with E-state index in [0.29, 0.717) is 0 Å². The molecule has 78 valence electrons. The van der Waals surface area contributed by atoms with Crippen LogP contribution in [0.4, 0.5) is 0 Å². The lowest BCUT2D eigenvalue weighted by atomic mass is 9.79. The fourth-order valence-corrected chi connectivity index (χ4v) is 2.00. The van der Waals surface area contributed by atoms with Gasteiger partial charge in [-0.2, -0.15) is 0 Å². The summed E-state index contributed by atoms with van der Waals surface area (Å²) in [5.41, 5.74) is 0. The monoisotopic (exact) mass is 182 g/mol. The molecule has 0 N–H and O–H groups in total. The Morgan fingerprint density at radius 1 is 1.00 bits per heavy atom. The van der Waals surface area contributed by atoms with Crippen LogP contribution in [-0.2, 0) is 0 Å². The van der Waals surface area contributed by atoms with Gasteiger partial charge in [0.2, 0.25) is 0 Å². The summed E-state index contributed by atoms with van der Waals surface area (Å²) in [7, 11) is 0. The molecule has 0 aliphatic rings. The molecule has 0 amide bonds. The maximum atomic E-state index is 3.80. The van der Waals surface area contributed by atoms with E-state index in [2.05, 4.69) is 41.2 Å². The highest BCUT2D eigenvalue weighted by atomic mass is 14.2. The zero-order valence-corrected chi connectivity index (χ0v) is 10.0. The zero-order chi connectivity index (χ0) is 10.4. The second kappa shape index (κ2) is 6.23. The van der Waals surface area contributed by atoms with Gasteiger partial charge in [-0.1, -0.05) is 40.7 Å². The van der Waals surface area contributed by atoms with Crippen LogP contribution in [0.15, 0.2) is 12.7 Å². The molecule has 0 radical (unpaired) electrons. The zero-order valence-electron chi connectivity index (χ0n) is 10.0. The van der Waals surface area contributed by atoms with Crippen LogP contribution in [0, 0.1) is 23.7 Å². The van der Waals surface area contributed by atoms with Gasteiger partial charge in [0.15, 0.2) is 0 Å². The van der Waals surface area contributed by atoms with E-state index in [1.807, 2.05) is 6.08 Å². The third-order valence-electron chi connectivity index (χ3n) is 3.18. The van der Waals surface area contributed by atoms with Crippen molar-refractivity contribution in [1.82, 2.24) is 0 Å². The molecule has 3 unspecified atom stereocenters. The summed E-state index contributed by atoms with van der Waals surface area (Å²) >= 11 is 0. The molecule has 13 heavy (non-hydrogen) atoms. The second-order valence-corrected chi connectivity index (χ2v) is 4.97. The van der Waals surface area contributed by atoms with Gasteiger partial charge < -0.3 is 0 Å². The van der Waals surface area contributed by atoms with Gasteiger partial charge in [-0.25, -0.2) is 0 Å². The molecule has 0 spiro atoms. The molecule has 0 saturated heterocycles. The number of hydrogen-bond acceptors (Lipinski definition) is 0. The fraction of sp³-hybridized carbons (Fsp3) is 0.846. The van der Waals surface area contributed by atoms with Gasteiger partial charge in [-0.3, -0.25) is 0 Å². The molecular weight excluding hydrogens is 156 g/mol. The summed E-state index contributed by atoms with van der Waals surface area (Å²) in [6.07, 6.45) is 4.55. The van der Waals surface area contributed by atoms with Gasteiger partial charge in [-0.15, -0.1) is 6.58 Å². The Labute approximate surface area is 84.4 Å². The van der Waals surface area contributed by atoms with Gasteiger partial charge in [0.25, 0.3) is 0 Å². The standard InChI is InChI=1S/C13H26/c1-7-8-11(4)13(6)12(5)9-10(2)3/h7,10-13H,1,8-9H2,2-6H3. The fourth-order valence-electron chi connectivity index (χ4n) is 2.00. The third kappa shape index (κ3) is 5.13. The highest BCUT2D eigenvalue weighted by Gasteiger charge is 2.18. The first-order chi connectivity index (χ1) is 5.99. The number of rotatable bonds is 6. The Hall–Kier alpha value is -0.260. The predicted octanol–water partition coefficient (Wildman–Crippen LogP) is 4.52. The Balaban J connectivity index is 3.92. The summed E-state index contributed by atoms with van der Waals surface area (Å²) in [4.78, 5) is 0. The quantitative estimate of drug-likeness (QED) is 0.530. The van der Waals surface area contributed by atoms with Crippen molar-refractivity contribution in [2.45, 2.75) is 47.5 Å². The van der Waals surface area contributed by atoms with Gasteiger partial charge in [0.1, 0.15) is 0 Å². The van der Waals surface area contributed by atoms with E-state index < -0.39 is 0 Å². The van der Waals surface area contributed by atoms with Gasteiger partial charge in [0, 0.05) is 0 Å². The first kappa shape index (κ1) is 12.7. The predicted molar refractivity (Wildman–Crippen MR) is 61.8 cm³/mol. The molecule has 0 rings (SSSR count). The molecule has 0 aromatic heterocycles. The third-order valence-corrected chi connectivity index (χ3v) is 3.18. The summed E-state index contributed by atoms with van der Waals surface area (Å²) in [5, 5.41) is 0. The van der Waals surface area contributed by atoms with E-state index in [0.717, 1.165) is 30.1 Å². The molecule has 0 saturated carbocycles. The van der Waals surface area contributed by atoms with Crippen LogP contribution in [0.5, 0.6) is 0 Å². The molecule has 0 heterocycles. The van der Waals surface area contributed by atoms with Crippen LogP contribution >= 0.6 is 0 Å². The van der Waals surface area contributed by atoms with E-state index in [9.17, 15) is 0 Å². The van der Waals surface area contributed by atoms with E-state index in [-0.39, 0.29) is 0 Å². The Kier molecular flexibility index (Phi) is 6.11. The molecule has 0 bridgehead atoms. The van der Waals surface area contributed by atoms with Crippen LogP contribution in [-0.4, -0.2) is 0 Å². The first-order valence-corrected chi connectivity index (χ1v) is 5.59. The lowest BCUT2D eigenvalue weighted by Crippen LogP contribution is -2.17. The Morgan fingerprint density at radius 2 is 1.54 bits per heavy atom. The van der Waals surface area contributed by atoms with Crippen molar-refractivity contribution in [3.8, 4) is 0 Å². The van der Waals surface area contributed by atoms with E-state index >= 15 is 0 Å². The maximum absolute atomic E-state index is 3.80. The van der Waals surface area contributed by atoms with Crippen molar-refractivity contribution in [2.24, 2.45) is 23.7 Å². The van der Waals surface area contributed by atoms with Crippen LogP contribution in [0.3, 0.4) is 0 Å². The van der Waals surface area contributed by atoms with Crippen LogP contribution < -0.4 is 0 Å². The largest absolute Gasteiger partial charge is 0.103 e. The number of hydrogen-bond donors (Lipinski definition) is 0. The van der Waals surface area contributed by atoms with Crippen molar-refractivity contribution >= 4 is 0 Å². The van der Waals surface area contributed by atoms with E-state index in [1.54, 1.807) is 0 Å². The van der Waals surface area contributed by atoms with Crippen molar-refractivity contribution < 1.29 is 0 Å². The van der Waals surface area contributed by atoms with Crippen molar-refractivity contribution in [2.75, 3.05) is 0 Å². The minimum absolute atomic E-state index is 0.784. The number of allylic oxidation sites excluding steroid dienone is 1. The summed E-state index contributed by atoms with van der Waals surface area (Å²) in [6.45, 7) is 15.5. The SMILES string of the molecule is C=CCC(C)C(C)C(C)CC(C)C. The summed E-state index contributed by atoms with van der Waals surface area (Å²) in [5.74, 6) is 3.27. The van der Waals surface area contributed by atoms with Gasteiger partial charge in [0.05, 0.1) is 0 Å². The van der Waals surface area contributed by atoms with Crippen LogP contribution in [0.2, 0.25) is 0 Å². The maximum Gasteiger partial charge on any atom is -0.0325 e. The molecule has 3 atom stereocenters. The second-order valence-electron chi connectivity index (χ2n) is 4.97. The molecular formula is C13H26. The average Bonchev–Trinajstić information content (AvgIpc) is 2.02. The Bertz CT molecular complexity index is 135. The topological polar surface area (TPSA) is 0 Å². The first-order valence-electron chi connectivity index (χ1n) is 5.59. The highest BCUT2D eigenvalue weighted by molar-refractivity contribution is 4.76. The minimum atomic E-state index is 0.784. The molecule has 0 aliphatic carbocycles. The van der Waals surface area contributed by atoms with Crippen molar-refractivity contribution in [3.63, 3.8) is 0 Å². The van der Waals surface area contributed by atoms with Crippen molar-refractivity contribution in [3.05, 3.63) is 12.7 Å². The van der Waals surface area contributed by atoms with Crippen molar-refractivity contribution in [1.29, 1.82) is 0 Å². The smallest absolute Gasteiger partial charge is 0.0325 e. The molecule has 0 nitrogen and oxygen atoms in total. The molecule has 0 aliphatic heterocycles. The Morgan fingerprint density at radius 3 is 1.92 bits per heavy atom. The van der Waals surface area contributed by atoms with Gasteiger partial charge >= 0.3 is 0 Å². The van der Waals surface area contributed by atoms with E-state index in [1.165, 1.54) is 6.42 Å². The summed E-state index contributed by atoms with van der Waals surface area (Å²) < 4.78 is 0. The van der Waals surface area contributed by atoms with Crippen LogP contribution in [0.25, 0.3) is 0 Å². The molecule has 0 aromatic rings. The molecule has 0 heteroatoms. The van der Waals surface area contributed by atoms with E-state index in [4.69, 9.17) is 0 Å². The molecule has 0 fully saturated rings. The minimum Gasteiger partial charge on any atom is -0.103 e. The normalized spacial score (nSPS) is 18.3.